The van der Waals surface area contributed by atoms with Crippen molar-refractivity contribution in [1.29, 1.82) is 0 Å². The van der Waals surface area contributed by atoms with Gasteiger partial charge in [0, 0.05) is 31.5 Å². The molecule has 3 rings (SSSR count). The maximum atomic E-state index is 13.2. The molecule has 1 aliphatic heterocycles. The second-order valence-electron chi connectivity index (χ2n) is 13.2. The van der Waals surface area contributed by atoms with E-state index in [9.17, 15) is 13.2 Å². The van der Waals surface area contributed by atoms with Crippen LogP contribution in [0.15, 0.2) is 36.4 Å². The van der Waals surface area contributed by atoms with Crippen LogP contribution in [-0.4, -0.2) is 70.2 Å². The Bertz CT molecular complexity index is 1210. The average molecular weight is 729 g/mol. The molecule has 0 bridgehead atoms. The summed E-state index contributed by atoms with van der Waals surface area (Å²) < 4.78 is 78.0. The van der Waals surface area contributed by atoms with E-state index in [1.807, 2.05) is 6.07 Å². The van der Waals surface area contributed by atoms with Gasteiger partial charge < -0.3 is 28.4 Å². The van der Waals surface area contributed by atoms with Gasteiger partial charge in [-0.3, -0.25) is 0 Å². The fourth-order valence-electron chi connectivity index (χ4n) is 6.00. The van der Waals surface area contributed by atoms with Crippen molar-refractivity contribution >= 4 is 11.6 Å². The second kappa shape index (κ2) is 23.1. The predicted molar refractivity (Wildman–Crippen MR) is 193 cm³/mol. The molecule has 2 aromatic rings. The maximum absolute atomic E-state index is 13.2. The molecule has 0 unspecified atom stereocenters. The van der Waals surface area contributed by atoms with Gasteiger partial charge in [0.05, 0.1) is 13.2 Å². The van der Waals surface area contributed by atoms with Crippen LogP contribution in [0.5, 0.6) is 0 Å². The summed E-state index contributed by atoms with van der Waals surface area (Å²) in [7, 11) is 0. The van der Waals surface area contributed by atoms with Gasteiger partial charge in [-0.2, -0.15) is 13.2 Å². The maximum Gasteiger partial charge on any atom is 0.411 e. The molecule has 0 spiro atoms. The molecular weight excluding hydrogens is 669 g/mol. The van der Waals surface area contributed by atoms with E-state index in [1.54, 1.807) is 6.07 Å². The first-order valence-corrected chi connectivity index (χ1v) is 19.1. The highest BCUT2D eigenvalue weighted by molar-refractivity contribution is 6.31. The first-order valence-electron chi connectivity index (χ1n) is 18.8. The third kappa shape index (κ3) is 14.0. The van der Waals surface area contributed by atoms with E-state index in [0.717, 1.165) is 68.9 Å². The molecule has 0 aliphatic carbocycles. The van der Waals surface area contributed by atoms with Crippen molar-refractivity contribution in [1.82, 2.24) is 0 Å². The summed E-state index contributed by atoms with van der Waals surface area (Å²) in [6.07, 6.45) is 1.59. The molecule has 1 heterocycles. The molecule has 2 aromatic carbocycles. The molecule has 1 fully saturated rings. The summed E-state index contributed by atoms with van der Waals surface area (Å²) in [6, 6.07) is 12.1. The molecule has 6 nitrogen and oxygen atoms in total. The Morgan fingerprint density at radius 1 is 0.680 bits per heavy atom. The van der Waals surface area contributed by atoms with E-state index in [-0.39, 0.29) is 13.2 Å². The number of hydrogen-bond acceptors (Lipinski definition) is 6. The van der Waals surface area contributed by atoms with Crippen molar-refractivity contribution in [2.75, 3.05) is 39.6 Å². The highest BCUT2D eigenvalue weighted by atomic mass is 35.5. The minimum atomic E-state index is -4.47. The lowest BCUT2D eigenvalue weighted by Crippen LogP contribution is -2.58. The lowest BCUT2D eigenvalue weighted by Gasteiger charge is -2.47. The lowest BCUT2D eigenvalue weighted by atomic mass is 9.87. The standard InChI is InChI=1S/C40H60ClF3O6/c1-6-11-19-45-27-35-37(47-20-12-7-2)39(49-22-14-9-4)38(48-21-13-8-3)36(50-35)33-24-31(23-30-17-15-29(10-5)16-18-30)34(41)25-32(33)26-46-28-40(42,43)44/h15-18,24-25,35-39H,6-14,19-23,26-28H2,1-5H3/t35-,36+,37-,38+,39+/m1/s1. The number of hydrogen-bond donors (Lipinski definition) is 0. The van der Waals surface area contributed by atoms with Crippen LogP contribution in [0.2, 0.25) is 5.02 Å². The van der Waals surface area contributed by atoms with Crippen LogP contribution in [0.4, 0.5) is 13.2 Å². The molecular formula is C40H60ClF3O6. The number of rotatable bonds is 24. The van der Waals surface area contributed by atoms with Crippen molar-refractivity contribution in [2.45, 2.75) is 142 Å². The fourth-order valence-corrected chi connectivity index (χ4v) is 6.26. The zero-order valence-electron chi connectivity index (χ0n) is 30.8. The van der Waals surface area contributed by atoms with Gasteiger partial charge in [0.25, 0.3) is 0 Å². The van der Waals surface area contributed by atoms with Crippen molar-refractivity contribution in [2.24, 2.45) is 0 Å². The van der Waals surface area contributed by atoms with Crippen LogP contribution in [0, 0.1) is 0 Å². The summed E-state index contributed by atoms with van der Waals surface area (Å²) in [5.74, 6) is 0. The molecule has 0 saturated carbocycles. The van der Waals surface area contributed by atoms with Crippen LogP contribution in [0.3, 0.4) is 0 Å². The van der Waals surface area contributed by atoms with Crippen LogP contribution in [0.25, 0.3) is 0 Å². The summed E-state index contributed by atoms with van der Waals surface area (Å²) in [4.78, 5) is 0. The number of benzene rings is 2. The van der Waals surface area contributed by atoms with Crippen molar-refractivity contribution in [3.05, 3.63) is 69.2 Å². The molecule has 0 radical (unpaired) electrons. The van der Waals surface area contributed by atoms with E-state index in [0.29, 0.717) is 49.0 Å². The summed E-state index contributed by atoms with van der Waals surface area (Å²) in [5, 5.41) is 0.453. The Morgan fingerprint density at radius 2 is 1.24 bits per heavy atom. The first-order chi connectivity index (χ1) is 24.1. The van der Waals surface area contributed by atoms with Crippen molar-refractivity contribution in [3.8, 4) is 0 Å². The van der Waals surface area contributed by atoms with Gasteiger partial charge >= 0.3 is 6.18 Å². The van der Waals surface area contributed by atoms with Gasteiger partial charge in [-0.05, 0) is 72.4 Å². The number of halogens is 4. The van der Waals surface area contributed by atoms with E-state index in [4.69, 9.17) is 40.0 Å². The van der Waals surface area contributed by atoms with Gasteiger partial charge in [-0.25, -0.2) is 0 Å². The van der Waals surface area contributed by atoms with Gasteiger partial charge in [0.15, 0.2) is 0 Å². The first kappa shape index (κ1) is 42.7. The van der Waals surface area contributed by atoms with Gasteiger partial charge in [-0.15, -0.1) is 0 Å². The number of unbranched alkanes of at least 4 members (excludes halogenated alkanes) is 4. The quantitative estimate of drug-likeness (QED) is 0.100. The predicted octanol–water partition coefficient (Wildman–Crippen LogP) is 10.4. The Labute approximate surface area is 303 Å². The Balaban J connectivity index is 2.14. The average Bonchev–Trinajstić information content (AvgIpc) is 3.09. The van der Waals surface area contributed by atoms with Crippen LogP contribution >= 0.6 is 11.6 Å². The number of ether oxygens (including phenoxy) is 6. The van der Waals surface area contributed by atoms with E-state index in [2.05, 4.69) is 58.9 Å². The molecule has 50 heavy (non-hydrogen) atoms. The van der Waals surface area contributed by atoms with Gasteiger partial charge in [0.2, 0.25) is 0 Å². The Hall–Kier alpha value is -1.72. The molecule has 1 saturated heterocycles. The van der Waals surface area contributed by atoms with Crippen LogP contribution < -0.4 is 0 Å². The summed E-state index contributed by atoms with van der Waals surface area (Å²) in [6.45, 7) is 11.3. The van der Waals surface area contributed by atoms with Crippen LogP contribution in [0.1, 0.15) is 120 Å². The molecule has 0 aromatic heterocycles. The second-order valence-corrected chi connectivity index (χ2v) is 13.6. The molecule has 10 heteroatoms. The minimum Gasteiger partial charge on any atom is -0.379 e. The summed E-state index contributed by atoms with van der Waals surface area (Å²) in [5.41, 5.74) is 4.33. The Kier molecular flexibility index (Phi) is 19.7. The third-order valence-electron chi connectivity index (χ3n) is 8.95. The molecule has 284 valence electrons. The van der Waals surface area contributed by atoms with Crippen molar-refractivity contribution in [3.63, 3.8) is 0 Å². The normalized spacial score (nSPS) is 21.2. The molecule has 1 aliphatic rings. The van der Waals surface area contributed by atoms with E-state index >= 15 is 0 Å². The highest BCUT2D eigenvalue weighted by Crippen LogP contribution is 2.41. The zero-order valence-corrected chi connectivity index (χ0v) is 31.6. The fraction of sp³-hybridized carbons (Fsp3) is 0.700. The molecule has 0 amide bonds. The van der Waals surface area contributed by atoms with Crippen molar-refractivity contribution < 1.29 is 41.6 Å². The highest BCUT2D eigenvalue weighted by Gasteiger charge is 2.49. The molecule has 0 N–H and O–H groups in total. The monoisotopic (exact) mass is 728 g/mol. The van der Waals surface area contributed by atoms with E-state index < -0.39 is 43.3 Å². The number of alkyl halides is 3. The lowest BCUT2D eigenvalue weighted by molar-refractivity contribution is -0.268. The largest absolute Gasteiger partial charge is 0.411 e. The summed E-state index contributed by atoms with van der Waals surface area (Å²) >= 11 is 6.88. The minimum absolute atomic E-state index is 0.284. The topological polar surface area (TPSA) is 55.4 Å². The zero-order chi connectivity index (χ0) is 36.4. The SMILES string of the molecule is CCCCOC[C@H]1O[C@@H](c2cc(Cc3ccc(CC)cc3)c(Cl)cc2COCC(F)(F)F)[C@H](OCCCC)[C@@H](OCCCC)[C@@H]1OCCCC. The van der Waals surface area contributed by atoms with Gasteiger partial charge in [-0.1, -0.05) is 102 Å². The van der Waals surface area contributed by atoms with Gasteiger partial charge in [0.1, 0.15) is 37.1 Å². The smallest absolute Gasteiger partial charge is 0.379 e. The Morgan fingerprint density at radius 3 is 1.82 bits per heavy atom. The number of aryl methyl sites for hydroxylation is 1. The third-order valence-corrected chi connectivity index (χ3v) is 9.30. The van der Waals surface area contributed by atoms with Crippen LogP contribution in [-0.2, 0) is 47.9 Å². The molecule has 5 atom stereocenters. The van der Waals surface area contributed by atoms with E-state index in [1.165, 1.54) is 5.56 Å².